The summed E-state index contributed by atoms with van der Waals surface area (Å²) in [6, 6.07) is 9.49. The van der Waals surface area contributed by atoms with E-state index in [0.29, 0.717) is 17.8 Å². The number of aryl methyl sites for hydroxylation is 1. The number of carbonyl (C=O) groups is 1. The quantitative estimate of drug-likeness (QED) is 0.860. The molecule has 1 aromatic carbocycles. The van der Waals surface area contributed by atoms with Crippen LogP contribution in [0.2, 0.25) is 0 Å². The SMILES string of the molecule is CCN(CC)c1ccc(NC(=O)c2ccnc(CN)c2)c(C)c1. The van der Waals surface area contributed by atoms with E-state index in [-0.39, 0.29) is 5.91 Å². The molecule has 122 valence electrons. The standard InChI is InChI=1S/C18H24N4O/c1-4-22(5-2)16-6-7-17(13(3)10-16)21-18(23)14-8-9-20-15(11-14)12-19/h6-11H,4-5,12,19H2,1-3H3,(H,21,23). The predicted molar refractivity (Wildman–Crippen MR) is 94.8 cm³/mol. The average molecular weight is 312 g/mol. The zero-order chi connectivity index (χ0) is 16.8. The molecule has 0 fully saturated rings. The molecular weight excluding hydrogens is 288 g/mol. The number of amides is 1. The highest BCUT2D eigenvalue weighted by Gasteiger charge is 2.10. The number of nitrogens with one attached hydrogen (secondary N) is 1. The number of anilines is 2. The molecule has 0 atom stereocenters. The number of hydrogen-bond acceptors (Lipinski definition) is 4. The van der Waals surface area contributed by atoms with Gasteiger partial charge >= 0.3 is 0 Å². The second kappa shape index (κ2) is 7.74. The second-order valence-electron chi connectivity index (χ2n) is 5.37. The molecule has 1 heterocycles. The normalized spacial score (nSPS) is 10.4. The van der Waals surface area contributed by atoms with Crippen LogP contribution in [0.3, 0.4) is 0 Å². The highest BCUT2D eigenvalue weighted by atomic mass is 16.1. The number of carbonyl (C=O) groups excluding carboxylic acids is 1. The van der Waals surface area contributed by atoms with Gasteiger partial charge in [-0.3, -0.25) is 9.78 Å². The van der Waals surface area contributed by atoms with E-state index in [1.54, 1.807) is 18.3 Å². The highest BCUT2D eigenvalue weighted by Crippen LogP contribution is 2.23. The van der Waals surface area contributed by atoms with Gasteiger partial charge in [0.15, 0.2) is 0 Å². The average Bonchev–Trinajstić information content (AvgIpc) is 2.58. The monoisotopic (exact) mass is 312 g/mol. The first-order valence-electron chi connectivity index (χ1n) is 7.91. The first-order chi connectivity index (χ1) is 11.1. The van der Waals surface area contributed by atoms with Crippen molar-refractivity contribution in [3.8, 4) is 0 Å². The summed E-state index contributed by atoms with van der Waals surface area (Å²) in [5.74, 6) is -0.152. The molecule has 0 saturated heterocycles. The molecule has 0 saturated carbocycles. The Labute approximate surface area is 137 Å². The fourth-order valence-electron chi connectivity index (χ4n) is 2.50. The zero-order valence-corrected chi connectivity index (χ0v) is 14.0. The van der Waals surface area contributed by atoms with E-state index in [9.17, 15) is 4.79 Å². The van der Waals surface area contributed by atoms with Crippen molar-refractivity contribution in [1.82, 2.24) is 4.98 Å². The van der Waals surface area contributed by atoms with Gasteiger partial charge in [-0.05, 0) is 56.7 Å². The molecule has 5 nitrogen and oxygen atoms in total. The van der Waals surface area contributed by atoms with E-state index < -0.39 is 0 Å². The van der Waals surface area contributed by atoms with E-state index in [0.717, 1.165) is 24.3 Å². The van der Waals surface area contributed by atoms with Crippen molar-refractivity contribution in [2.45, 2.75) is 27.3 Å². The minimum atomic E-state index is -0.152. The van der Waals surface area contributed by atoms with Gasteiger partial charge < -0.3 is 16.0 Å². The van der Waals surface area contributed by atoms with Crippen LogP contribution in [0, 0.1) is 6.92 Å². The topological polar surface area (TPSA) is 71.2 Å². The largest absolute Gasteiger partial charge is 0.372 e. The van der Waals surface area contributed by atoms with Gasteiger partial charge in [0.05, 0.1) is 5.69 Å². The molecule has 0 unspecified atom stereocenters. The third-order valence-electron chi connectivity index (χ3n) is 3.87. The van der Waals surface area contributed by atoms with Crippen molar-refractivity contribution in [3.63, 3.8) is 0 Å². The highest BCUT2D eigenvalue weighted by molar-refractivity contribution is 6.04. The predicted octanol–water partition coefficient (Wildman–Crippen LogP) is 2.95. The molecular formula is C18H24N4O. The Balaban J connectivity index is 2.17. The van der Waals surface area contributed by atoms with Crippen LogP contribution in [0.4, 0.5) is 11.4 Å². The molecule has 1 aromatic heterocycles. The number of hydrogen-bond donors (Lipinski definition) is 2. The van der Waals surface area contributed by atoms with Gasteiger partial charge in [-0.25, -0.2) is 0 Å². The lowest BCUT2D eigenvalue weighted by Crippen LogP contribution is -2.22. The summed E-state index contributed by atoms with van der Waals surface area (Å²) >= 11 is 0. The van der Waals surface area contributed by atoms with Gasteiger partial charge in [0.2, 0.25) is 0 Å². The minimum absolute atomic E-state index is 0.152. The van der Waals surface area contributed by atoms with Crippen LogP contribution < -0.4 is 16.0 Å². The third-order valence-corrected chi connectivity index (χ3v) is 3.87. The Morgan fingerprint density at radius 3 is 2.57 bits per heavy atom. The number of nitrogens with zero attached hydrogens (tertiary/aromatic N) is 2. The lowest BCUT2D eigenvalue weighted by molar-refractivity contribution is 0.102. The summed E-state index contributed by atoms with van der Waals surface area (Å²) in [6.07, 6.45) is 1.60. The Kier molecular flexibility index (Phi) is 5.71. The van der Waals surface area contributed by atoms with Crippen LogP contribution >= 0.6 is 0 Å². The maximum absolute atomic E-state index is 12.4. The second-order valence-corrected chi connectivity index (χ2v) is 5.37. The molecule has 0 aliphatic heterocycles. The third kappa shape index (κ3) is 4.07. The summed E-state index contributed by atoms with van der Waals surface area (Å²) in [5, 5.41) is 2.95. The Hall–Kier alpha value is -2.40. The summed E-state index contributed by atoms with van der Waals surface area (Å²) in [7, 11) is 0. The van der Waals surface area contributed by atoms with Crippen molar-refractivity contribution in [1.29, 1.82) is 0 Å². The number of pyridine rings is 1. The summed E-state index contributed by atoms with van der Waals surface area (Å²) in [4.78, 5) is 18.8. The number of rotatable bonds is 6. The lowest BCUT2D eigenvalue weighted by atomic mass is 10.1. The van der Waals surface area contributed by atoms with Crippen LogP contribution in [0.15, 0.2) is 36.5 Å². The smallest absolute Gasteiger partial charge is 0.255 e. The van der Waals surface area contributed by atoms with Gasteiger partial charge in [-0.15, -0.1) is 0 Å². The zero-order valence-electron chi connectivity index (χ0n) is 14.0. The number of aromatic nitrogens is 1. The fourth-order valence-corrected chi connectivity index (χ4v) is 2.50. The first kappa shape index (κ1) is 17.0. The summed E-state index contributed by atoms with van der Waals surface area (Å²) in [6.45, 7) is 8.50. The molecule has 0 bridgehead atoms. The molecule has 5 heteroatoms. The first-order valence-corrected chi connectivity index (χ1v) is 7.91. The maximum atomic E-state index is 12.4. The van der Waals surface area contributed by atoms with Crippen LogP contribution in [-0.4, -0.2) is 24.0 Å². The van der Waals surface area contributed by atoms with E-state index in [2.05, 4.69) is 35.1 Å². The number of benzene rings is 1. The Bertz CT molecular complexity index is 680. The van der Waals surface area contributed by atoms with Gasteiger partial charge in [-0.1, -0.05) is 0 Å². The summed E-state index contributed by atoms with van der Waals surface area (Å²) < 4.78 is 0. The Morgan fingerprint density at radius 1 is 1.22 bits per heavy atom. The number of nitrogens with two attached hydrogens (primary N) is 1. The molecule has 2 rings (SSSR count). The van der Waals surface area contributed by atoms with Crippen LogP contribution in [0.1, 0.15) is 35.5 Å². The summed E-state index contributed by atoms with van der Waals surface area (Å²) in [5.41, 5.74) is 9.85. The molecule has 2 aromatic rings. The van der Waals surface area contributed by atoms with Crippen LogP contribution in [-0.2, 0) is 6.54 Å². The molecule has 0 spiro atoms. The maximum Gasteiger partial charge on any atom is 0.255 e. The molecule has 0 aliphatic rings. The van der Waals surface area contributed by atoms with Gasteiger partial charge in [0.1, 0.15) is 0 Å². The fraction of sp³-hybridized carbons (Fsp3) is 0.333. The molecule has 1 amide bonds. The van der Waals surface area contributed by atoms with E-state index in [4.69, 9.17) is 5.73 Å². The van der Waals surface area contributed by atoms with Gasteiger partial charge in [-0.2, -0.15) is 0 Å². The molecule has 0 aliphatic carbocycles. The van der Waals surface area contributed by atoms with Gasteiger partial charge in [0, 0.05) is 42.8 Å². The van der Waals surface area contributed by atoms with Crippen LogP contribution in [0.5, 0.6) is 0 Å². The molecule has 0 radical (unpaired) electrons. The Morgan fingerprint density at radius 2 is 1.96 bits per heavy atom. The molecule has 23 heavy (non-hydrogen) atoms. The minimum Gasteiger partial charge on any atom is -0.372 e. The lowest BCUT2D eigenvalue weighted by Gasteiger charge is -2.22. The van der Waals surface area contributed by atoms with Crippen molar-refractivity contribution in [2.75, 3.05) is 23.3 Å². The van der Waals surface area contributed by atoms with Crippen LogP contribution in [0.25, 0.3) is 0 Å². The van der Waals surface area contributed by atoms with Crippen molar-refractivity contribution >= 4 is 17.3 Å². The van der Waals surface area contributed by atoms with E-state index in [1.165, 1.54) is 5.69 Å². The molecule has 3 N–H and O–H groups in total. The van der Waals surface area contributed by atoms with Crippen molar-refractivity contribution in [2.24, 2.45) is 5.73 Å². The van der Waals surface area contributed by atoms with Gasteiger partial charge in [0.25, 0.3) is 5.91 Å². The van der Waals surface area contributed by atoms with E-state index >= 15 is 0 Å². The van der Waals surface area contributed by atoms with E-state index in [1.807, 2.05) is 19.1 Å². The van der Waals surface area contributed by atoms with Crippen molar-refractivity contribution in [3.05, 3.63) is 53.3 Å². The van der Waals surface area contributed by atoms with Crippen molar-refractivity contribution < 1.29 is 4.79 Å².